The minimum absolute atomic E-state index is 0. The minimum atomic E-state index is -0.434. The van der Waals surface area contributed by atoms with E-state index in [0.717, 1.165) is 76.8 Å². The Labute approximate surface area is 211 Å². The van der Waals surface area contributed by atoms with Crippen LogP contribution in [-0.4, -0.2) is 80.2 Å². The van der Waals surface area contributed by atoms with Crippen LogP contribution in [0.25, 0.3) is 0 Å². The molecule has 183 valence electrons. The van der Waals surface area contributed by atoms with E-state index in [4.69, 9.17) is 14.2 Å². The molecule has 3 aliphatic heterocycles. The van der Waals surface area contributed by atoms with Crippen LogP contribution in [0.2, 0.25) is 0 Å². The molecule has 1 N–H and O–H groups in total. The van der Waals surface area contributed by atoms with Crippen LogP contribution in [0.5, 0.6) is 11.5 Å². The number of aliphatic hydroxyl groups is 1. The molecular weight excluding hydrogens is 455 g/mol. The zero-order valence-corrected chi connectivity index (χ0v) is 21.8. The number of hydrogen-bond acceptors (Lipinski definition) is 6. The first-order chi connectivity index (χ1) is 15.5. The van der Waals surface area contributed by atoms with Gasteiger partial charge in [-0.15, -0.1) is 0 Å². The fourth-order valence-electron chi connectivity index (χ4n) is 5.52. The van der Waals surface area contributed by atoms with Crippen LogP contribution >= 0.6 is 0 Å². The van der Waals surface area contributed by atoms with E-state index in [0.29, 0.717) is 6.42 Å². The molecule has 2 unspecified atom stereocenters. The van der Waals surface area contributed by atoms with E-state index in [1.54, 1.807) is 7.11 Å². The molecule has 5 rings (SSSR count). The molecule has 0 aromatic heterocycles. The third-order valence-electron chi connectivity index (χ3n) is 7.23. The van der Waals surface area contributed by atoms with Crippen molar-refractivity contribution in [2.45, 2.75) is 57.3 Å². The SMILES string of the molecule is COc1cc(C)c2c3c1OC1C[C@@H](O)C=CC31CCN(CCN1CCOCC1)C2.[CH2-]CC.[V]. The molecule has 0 saturated carbocycles. The van der Waals surface area contributed by atoms with Gasteiger partial charge in [0.15, 0.2) is 11.5 Å². The van der Waals surface area contributed by atoms with E-state index < -0.39 is 6.10 Å². The van der Waals surface area contributed by atoms with Gasteiger partial charge in [0.05, 0.1) is 31.8 Å². The Kier molecular flexibility index (Phi) is 9.35. The van der Waals surface area contributed by atoms with Crippen molar-refractivity contribution >= 4 is 0 Å². The maximum atomic E-state index is 10.2. The Morgan fingerprint density at radius 1 is 1.21 bits per heavy atom. The van der Waals surface area contributed by atoms with Crippen LogP contribution in [-0.2, 0) is 35.3 Å². The third kappa shape index (κ3) is 5.31. The van der Waals surface area contributed by atoms with Gasteiger partial charge in [-0.2, -0.15) is 6.42 Å². The molecular formula is C26H39N2O4V-. The molecule has 0 bridgehead atoms. The summed E-state index contributed by atoms with van der Waals surface area (Å²) in [4.78, 5) is 5.10. The van der Waals surface area contributed by atoms with Gasteiger partial charge in [0.25, 0.3) is 0 Å². The van der Waals surface area contributed by atoms with Crippen LogP contribution in [0.3, 0.4) is 0 Å². The van der Waals surface area contributed by atoms with Gasteiger partial charge in [0.1, 0.15) is 6.10 Å². The number of nitrogens with zero attached hydrogens (tertiary/aromatic N) is 2. The molecule has 6 nitrogen and oxygen atoms in total. The van der Waals surface area contributed by atoms with Crippen molar-refractivity contribution in [1.82, 2.24) is 9.80 Å². The van der Waals surface area contributed by atoms with Crippen molar-refractivity contribution < 1.29 is 37.9 Å². The second kappa shape index (κ2) is 11.6. The van der Waals surface area contributed by atoms with Gasteiger partial charge in [-0.3, -0.25) is 9.80 Å². The zero-order chi connectivity index (χ0) is 22.7. The van der Waals surface area contributed by atoms with Crippen LogP contribution in [0.15, 0.2) is 18.2 Å². The quantitative estimate of drug-likeness (QED) is 0.513. The average Bonchev–Trinajstić information content (AvgIpc) is 3.02. The molecule has 7 heteroatoms. The Balaban J connectivity index is 0.000000728. The number of aliphatic hydroxyl groups excluding tert-OH is 1. The first-order valence-corrected chi connectivity index (χ1v) is 12.1. The maximum absolute atomic E-state index is 10.2. The molecule has 33 heavy (non-hydrogen) atoms. The summed E-state index contributed by atoms with van der Waals surface area (Å²) in [5, 5.41) is 10.2. The van der Waals surface area contributed by atoms with Crippen LogP contribution in [0.4, 0.5) is 0 Å². The van der Waals surface area contributed by atoms with Gasteiger partial charge in [-0.25, -0.2) is 0 Å². The van der Waals surface area contributed by atoms with Crippen molar-refractivity contribution in [3.63, 3.8) is 0 Å². The summed E-state index contributed by atoms with van der Waals surface area (Å²) in [5.74, 6) is 1.71. The van der Waals surface area contributed by atoms with E-state index in [-0.39, 0.29) is 30.1 Å². The van der Waals surface area contributed by atoms with Gasteiger partial charge in [-0.1, -0.05) is 19.1 Å². The fourth-order valence-corrected chi connectivity index (χ4v) is 5.52. The van der Waals surface area contributed by atoms with Gasteiger partial charge in [0, 0.05) is 63.3 Å². The summed E-state index contributed by atoms with van der Waals surface area (Å²) in [6.07, 6.45) is 6.39. The maximum Gasteiger partial charge on any atom is 0.166 e. The first-order valence-electron chi connectivity index (χ1n) is 12.1. The normalized spacial score (nSPS) is 28.4. The number of benzene rings is 1. The van der Waals surface area contributed by atoms with Crippen LogP contribution < -0.4 is 9.47 Å². The molecule has 1 spiro atoms. The predicted molar refractivity (Wildman–Crippen MR) is 126 cm³/mol. The molecule has 1 aromatic carbocycles. The molecule has 1 fully saturated rings. The Morgan fingerprint density at radius 2 is 1.91 bits per heavy atom. The van der Waals surface area contributed by atoms with Gasteiger partial charge in [-0.05, 0) is 37.1 Å². The molecule has 1 aromatic rings. The smallest absolute Gasteiger partial charge is 0.166 e. The number of methoxy groups -OCH3 is 1. The van der Waals surface area contributed by atoms with Crippen molar-refractivity contribution in [2.24, 2.45) is 0 Å². The number of hydrogen-bond donors (Lipinski definition) is 1. The Hall–Kier alpha value is -1.02. The summed E-state index contributed by atoms with van der Waals surface area (Å²) in [7, 11) is 1.71. The third-order valence-corrected chi connectivity index (χ3v) is 7.23. The average molecular weight is 495 g/mol. The number of morpholine rings is 1. The predicted octanol–water partition coefficient (Wildman–Crippen LogP) is 3.09. The van der Waals surface area contributed by atoms with E-state index in [2.05, 4.69) is 35.8 Å². The molecule has 3 atom stereocenters. The standard InChI is InChI=1S/C23H32N2O4.C3H7.V/c1-16-13-19(27-2)22-21-18(16)15-25(8-7-24-9-11-28-12-10-24)6-5-23(21)4-3-17(26)14-20(23)29-22;1-3-2;/h3-4,13,17,20,26H,5-12,14-15H2,1-2H3;1,3H2,2H3;/q;-1;/t17-,20?,23?;;/m0../s1. The van der Waals surface area contributed by atoms with E-state index >= 15 is 0 Å². The van der Waals surface area contributed by atoms with Gasteiger partial charge in [0.2, 0.25) is 0 Å². The van der Waals surface area contributed by atoms with Gasteiger partial charge < -0.3 is 26.2 Å². The largest absolute Gasteiger partial charge is 0.493 e. The summed E-state index contributed by atoms with van der Waals surface area (Å²) in [6.45, 7) is 15.6. The fraction of sp³-hybridized carbons (Fsp3) is 0.654. The van der Waals surface area contributed by atoms with Crippen LogP contribution in [0.1, 0.15) is 42.9 Å². The second-order valence-corrected chi connectivity index (χ2v) is 9.37. The Morgan fingerprint density at radius 3 is 2.61 bits per heavy atom. The molecule has 1 saturated heterocycles. The number of ether oxygens (including phenoxy) is 3. The number of aryl methyl sites for hydroxylation is 1. The van der Waals surface area contributed by atoms with Gasteiger partial charge >= 0.3 is 0 Å². The summed E-state index contributed by atoms with van der Waals surface area (Å²) in [6, 6.07) is 2.12. The van der Waals surface area contributed by atoms with Crippen molar-refractivity contribution in [3.05, 3.63) is 41.8 Å². The molecule has 1 radical (unpaired) electrons. The van der Waals surface area contributed by atoms with E-state index in [1.807, 2.05) is 13.0 Å². The molecule has 1 aliphatic carbocycles. The zero-order valence-electron chi connectivity index (χ0n) is 20.4. The van der Waals surface area contributed by atoms with Crippen molar-refractivity contribution in [1.29, 1.82) is 0 Å². The summed E-state index contributed by atoms with van der Waals surface area (Å²) >= 11 is 0. The van der Waals surface area contributed by atoms with Crippen molar-refractivity contribution in [2.75, 3.05) is 53.0 Å². The summed E-state index contributed by atoms with van der Waals surface area (Å²) in [5.41, 5.74) is 3.79. The molecule has 3 heterocycles. The topological polar surface area (TPSA) is 54.4 Å². The van der Waals surface area contributed by atoms with Crippen LogP contribution in [0, 0.1) is 13.8 Å². The Bertz CT molecular complexity index is 827. The summed E-state index contributed by atoms with van der Waals surface area (Å²) < 4.78 is 17.6. The van der Waals surface area contributed by atoms with E-state index in [9.17, 15) is 5.11 Å². The van der Waals surface area contributed by atoms with Crippen molar-refractivity contribution in [3.8, 4) is 11.5 Å². The number of rotatable bonds is 4. The minimum Gasteiger partial charge on any atom is -0.493 e. The molecule has 0 amide bonds. The van der Waals surface area contributed by atoms with E-state index in [1.165, 1.54) is 16.7 Å². The molecule has 4 aliphatic rings. The monoisotopic (exact) mass is 494 g/mol. The second-order valence-electron chi connectivity index (χ2n) is 9.37. The first kappa shape index (κ1) is 26.6.